The van der Waals surface area contributed by atoms with Gasteiger partial charge in [0.25, 0.3) is 0 Å². The third-order valence-electron chi connectivity index (χ3n) is 2.59. The Morgan fingerprint density at radius 1 is 1.69 bits per heavy atom. The van der Waals surface area contributed by atoms with E-state index in [-0.39, 0.29) is 0 Å². The molecule has 2 heterocycles. The Hall–Kier alpha value is -1.16. The van der Waals surface area contributed by atoms with E-state index in [4.69, 9.17) is 5.11 Å². The number of aliphatic carboxylic acids is 1. The van der Waals surface area contributed by atoms with Crippen LogP contribution in [0.1, 0.15) is 6.42 Å². The Kier molecular flexibility index (Phi) is 2.14. The van der Waals surface area contributed by atoms with Crippen molar-refractivity contribution in [1.29, 1.82) is 0 Å². The second-order valence-corrected chi connectivity index (χ2v) is 3.39. The first kappa shape index (κ1) is 8.44. The molecule has 0 aromatic heterocycles. The van der Waals surface area contributed by atoms with Crippen LogP contribution in [0.2, 0.25) is 0 Å². The first-order valence-electron chi connectivity index (χ1n) is 4.45. The zero-order chi connectivity index (χ0) is 9.26. The molecule has 70 valence electrons. The van der Waals surface area contributed by atoms with Crippen LogP contribution in [0.5, 0.6) is 0 Å². The van der Waals surface area contributed by atoms with Crippen molar-refractivity contribution in [2.45, 2.75) is 12.5 Å². The number of rotatable bonds is 1. The SMILES string of the molecule is O=C(O)C1NCCC2CN=CC=C21. The van der Waals surface area contributed by atoms with E-state index in [1.165, 1.54) is 0 Å². The number of fused-ring (bicyclic) bond motifs is 1. The number of carboxylic acids is 1. The summed E-state index contributed by atoms with van der Waals surface area (Å²) >= 11 is 0. The van der Waals surface area contributed by atoms with Crippen molar-refractivity contribution < 1.29 is 9.90 Å². The molecule has 0 saturated carbocycles. The number of hydrogen-bond acceptors (Lipinski definition) is 3. The normalized spacial score (nSPS) is 32.2. The van der Waals surface area contributed by atoms with Crippen LogP contribution < -0.4 is 5.32 Å². The van der Waals surface area contributed by atoms with Gasteiger partial charge in [-0.25, -0.2) is 0 Å². The molecule has 0 aromatic rings. The Morgan fingerprint density at radius 3 is 3.31 bits per heavy atom. The van der Waals surface area contributed by atoms with Crippen molar-refractivity contribution in [1.82, 2.24) is 5.32 Å². The van der Waals surface area contributed by atoms with Crippen molar-refractivity contribution >= 4 is 12.2 Å². The van der Waals surface area contributed by atoms with Gasteiger partial charge in [0.15, 0.2) is 0 Å². The zero-order valence-corrected chi connectivity index (χ0v) is 7.23. The smallest absolute Gasteiger partial charge is 0.325 e. The number of aliphatic imine (C=N–C) groups is 1. The van der Waals surface area contributed by atoms with Gasteiger partial charge in [-0.15, -0.1) is 0 Å². The van der Waals surface area contributed by atoms with Gasteiger partial charge in [-0.1, -0.05) is 0 Å². The lowest BCUT2D eigenvalue weighted by atomic mass is 9.85. The standard InChI is InChI=1S/C9H12N2O2/c12-9(13)8-7-2-3-10-5-6(7)1-4-11-8/h2-3,6,8,11H,1,4-5H2,(H,12,13). The van der Waals surface area contributed by atoms with Crippen LogP contribution in [0.4, 0.5) is 0 Å². The summed E-state index contributed by atoms with van der Waals surface area (Å²) in [5.74, 6) is -0.446. The monoisotopic (exact) mass is 180 g/mol. The Bertz CT molecular complexity index is 283. The van der Waals surface area contributed by atoms with Gasteiger partial charge < -0.3 is 10.4 Å². The number of dihydropyridines is 1. The van der Waals surface area contributed by atoms with E-state index in [9.17, 15) is 4.79 Å². The number of nitrogens with one attached hydrogen (secondary N) is 1. The second-order valence-electron chi connectivity index (χ2n) is 3.39. The molecular formula is C9H12N2O2. The molecule has 1 fully saturated rings. The van der Waals surface area contributed by atoms with Gasteiger partial charge >= 0.3 is 5.97 Å². The van der Waals surface area contributed by atoms with E-state index in [2.05, 4.69) is 10.3 Å². The largest absolute Gasteiger partial charge is 0.480 e. The van der Waals surface area contributed by atoms with Crippen LogP contribution in [0.3, 0.4) is 0 Å². The summed E-state index contributed by atoms with van der Waals surface area (Å²) in [7, 11) is 0. The second kappa shape index (κ2) is 3.30. The van der Waals surface area contributed by atoms with E-state index >= 15 is 0 Å². The molecule has 0 aromatic carbocycles. The average molecular weight is 180 g/mol. The van der Waals surface area contributed by atoms with Crippen LogP contribution >= 0.6 is 0 Å². The summed E-state index contributed by atoms with van der Waals surface area (Å²) in [6.07, 6.45) is 4.53. The summed E-state index contributed by atoms with van der Waals surface area (Å²) in [6, 6.07) is -0.495. The van der Waals surface area contributed by atoms with Gasteiger partial charge in [-0.2, -0.15) is 0 Å². The van der Waals surface area contributed by atoms with E-state index < -0.39 is 12.0 Å². The fourth-order valence-corrected chi connectivity index (χ4v) is 1.91. The summed E-state index contributed by atoms with van der Waals surface area (Å²) in [4.78, 5) is 15.0. The molecule has 2 aliphatic heterocycles. The highest BCUT2D eigenvalue weighted by Crippen LogP contribution is 2.25. The molecule has 2 unspecified atom stereocenters. The molecule has 0 radical (unpaired) electrons. The van der Waals surface area contributed by atoms with Crippen molar-refractivity contribution in [3.63, 3.8) is 0 Å². The maximum atomic E-state index is 10.9. The number of nitrogens with zero attached hydrogens (tertiary/aromatic N) is 1. The van der Waals surface area contributed by atoms with E-state index in [0.717, 1.165) is 25.1 Å². The number of hydrogen-bond donors (Lipinski definition) is 2. The molecule has 4 heteroatoms. The number of allylic oxidation sites excluding steroid dienone is 1. The summed E-state index contributed by atoms with van der Waals surface area (Å²) in [5.41, 5.74) is 0.980. The quantitative estimate of drug-likeness (QED) is 0.599. The zero-order valence-electron chi connectivity index (χ0n) is 7.23. The van der Waals surface area contributed by atoms with Gasteiger partial charge in [0.05, 0.1) is 0 Å². The van der Waals surface area contributed by atoms with Gasteiger partial charge in [0, 0.05) is 18.7 Å². The van der Waals surface area contributed by atoms with E-state index in [0.29, 0.717) is 5.92 Å². The minimum atomic E-state index is -0.786. The molecule has 4 nitrogen and oxygen atoms in total. The highest BCUT2D eigenvalue weighted by molar-refractivity contribution is 5.82. The predicted molar refractivity (Wildman–Crippen MR) is 49.0 cm³/mol. The number of piperidine rings is 1. The minimum absolute atomic E-state index is 0.340. The lowest BCUT2D eigenvalue weighted by molar-refractivity contribution is -0.138. The van der Waals surface area contributed by atoms with Crippen LogP contribution in [0.25, 0.3) is 0 Å². The molecular weight excluding hydrogens is 168 g/mol. The maximum Gasteiger partial charge on any atom is 0.325 e. The molecule has 1 saturated heterocycles. The Morgan fingerprint density at radius 2 is 2.54 bits per heavy atom. The highest BCUT2D eigenvalue weighted by Gasteiger charge is 2.32. The Labute approximate surface area is 76.4 Å². The molecule has 13 heavy (non-hydrogen) atoms. The molecule has 0 amide bonds. The van der Waals surface area contributed by atoms with Gasteiger partial charge in [0.1, 0.15) is 6.04 Å². The molecule has 2 aliphatic rings. The molecule has 2 rings (SSSR count). The first-order valence-corrected chi connectivity index (χ1v) is 4.45. The molecule has 0 bridgehead atoms. The summed E-state index contributed by atoms with van der Waals surface area (Å²) in [6.45, 7) is 1.52. The molecule has 0 spiro atoms. The third-order valence-corrected chi connectivity index (χ3v) is 2.59. The predicted octanol–water partition coefficient (Wildman–Crippen LogP) is 0.0599. The third kappa shape index (κ3) is 1.49. The fourth-order valence-electron chi connectivity index (χ4n) is 1.91. The maximum absolute atomic E-state index is 10.9. The van der Waals surface area contributed by atoms with Gasteiger partial charge in [-0.05, 0) is 24.6 Å². The van der Waals surface area contributed by atoms with E-state index in [1.54, 1.807) is 6.21 Å². The molecule has 2 atom stereocenters. The first-order chi connectivity index (χ1) is 6.29. The molecule has 0 aliphatic carbocycles. The van der Waals surface area contributed by atoms with Crippen molar-refractivity contribution in [3.05, 3.63) is 11.6 Å². The Balaban J connectivity index is 2.24. The fraction of sp³-hybridized carbons (Fsp3) is 0.556. The van der Waals surface area contributed by atoms with E-state index in [1.807, 2.05) is 6.08 Å². The average Bonchev–Trinajstić information content (AvgIpc) is 2.17. The lowest BCUT2D eigenvalue weighted by Gasteiger charge is -2.31. The van der Waals surface area contributed by atoms with Crippen molar-refractivity contribution in [2.75, 3.05) is 13.1 Å². The van der Waals surface area contributed by atoms with Crippen molar-refractivity contribution in [3.8, 4) is 0 Å². The van der Waals surface area contributed by atoms with Crippen LogP contribution in [0.15, 0.2) is 16.6 Å². The van der Waals surface area contributed by atoms with Crippen molar-refractivity contribution in [2.24, 2.45) is 10.9 Å². The summed E-state index contributed by atoms with van der Waals surface area (Å²) < 4.78 is 0. The van der Waals surface area contributed by atoms with Crippen LogP contribution in [-0.2, 0) is 4.79 Å². The summed E-state index contributed by atoms with van der Waals surface area (Å²) in [5, 5.41) is 11.9. The topological polar surface area (TPSA) is 61.7 Å². The molecule has 2 N–H and O–H groups in total. The number of carboxylic acid groups (broad SMARTS) is 1. The highest BCUT2D eigenvalue weighted by atomic mass is 16.4. The van der Waals surface area contributed by atoms with Gasteiger partial charge in [0.2, 0.25) is 0 Å². The van der Waals surface area contributed by atoms with Crippen LogP contribution in [0, 0.1) is 5.92 Å². The van der Waals surface area contributed by atoms with Crippen LogP contribution in [-0.4, -0.2) is 36.4 Å². The van der Waals surface area contributed by atoms with Gasteiger partial charge in [-0.3, -0.25) is 9.79 Å². The number of carbonyl (C=O) groups is 1. The minimum Gasteiger partial charge on any atom is -0.480 e. The lowest BCUT2D eigenvalue weighted by Crippen LogP contribution is -2.46.